The van der Waals surface area contributed by atoms with Gasteiger partial charge in [-0.05, 0) is 81.9 Å². The number of carboxylic acids is 1. The number of unbranched alkanes of at least 4 members (excludes halogenated alkanes) is 6. The Balaban J connectivity index is 3.48. The van der Waals surface area contributed by atoms with Crippen molar-refractivity contribution >= 4 is 37.8 Å². The molecule has 0 aromatic carbocycles. The van der Waals surface area contributed by atoms with E-state index in [2.05, 4.69) is 67.7 Å². The first-order valence-electron chi connectivity index (χ1n) is 7.49. The highest BCUT2D eigenvalue weighted by Gasteiger charge is 1.92. The van der Waals surface area contributed by atoms with E-state index in [1.54, 1.807) is 0 Å². The van der Waals surface area contributed by atoms with Crippen molar-refractivity contribution in [1.29, 1.82) is 0 Å². The number of aliphatic carboxylic acids is 1. The van der Waals surface area contributed by atoms with Crippen LogP contribution in [0.5, 0.6) is 0 Å². The Morgan fingerprint density at radius 3 is 2.41 bits per heavy atom. The molecule has 1 N–H and O–H groups in total. The number of carbonyl (C=O) groups is 1. The topological polar surface area (TPSA) is 37.3 Å². The third-order valence-corrected chi connectivity index (χ3v) is 3.39. The van der Waals surface area contributed by atoms with E-state index in [0.29, 0.717) is 12.8 Å². The molecule has 120 valence electrons. The summed E-state index contributed by atoms with van der Waals surface area (Å²) in [7, 11) is 0. The first-order valence-corrected chi connectivity index (χ1v) is 9.08. The Kier molecular flexibility index (Phi) is 15.7. The van der Waals surface area contributed by atoms with Crippen LogP contribution in [-0.2, 0) is 4.79 Å². The molecule has 0 aromatic heterocycles. The molecule has 0 fully saturated rings. The van der Waals surface area contributed by atoms with E-state index in [4.69, 9.17) is 5.11 Å². The normalized spacial score (nSPS) is 9.55. The van der Waals surface area contributed by atoms with Gasteiger partial charge >= 0.3 is 5.97 Å². The summed E-state index contributed by atoms with van der Waals surface area (Å²) in [5, 5.41) is 8.45. The van der Waals surface area contributed by atoms with Crippen molar-refractivity contribution < 1.29 is 9.90 Å². The Bertz CT molecular complexity index is 481. The SMILES string of the molecule is O=C(O)CCCC#CC#CC=CCCCCCCC=C(Br)Br. The molecule has 22 heavy (non-hydrogen) atoms. The van der Waals surface area contributed by atoms with E-state index in [-0.39, 0.29) is 6.42 Å². The van der Waals surface area contributed by atoms with E-state index in [1.807, 2.05) is 6.08 Å². The molecule has 0 aliphatic rings. The van der Waals surface area contributed by atoms with Gasteiger partial charge in [0.1, 0.15) is 0 Å². The molecule has 0 unspecified atom stereocenters. The summed E-state index contributed by atoms with van der Waals surface area (Å²) in [6, 6.07) is 0. The van der Waals surface area contributed by atoms with Gasteiger partial charge in [0.05, 0.1) is 3.39 Å². The van der Waals surface area contributed by atoms with Crippen LogP contribution in [0.1, 0.15) is 57.8 Å². The Morgan fingerprint density at radius 1 is 1.00 bits per heavy atom. The zero-order valence-electron chi connectivity index (χ0n) is 12.7. The zero-order valence-corrected chi connectivity index (χ0v) is 15.9. The van der Waals surface area contributed by atoms with Gasteiger partial charge in [-0.2, -0.15) is 0 Å². The van der Waals surface area contributed by atoms with Gasteiger partial charge in [-0.15, -0.1) is 0 Å². The smallest absolute Gasteiger partial charge is 0.303 e. The summed E-state index contributed by atoms with van der Waals surface area (Å²) in [6.07, 6.45) is 14.5. The molecule has 0 aliphatic carbocycles. The van der Waals surface area contributed by atoms with Crippen molar-refractivity contribution in [2.75, 3.05) is 0 Å². The highest BCUT2D eigenvalue weighted by molar-refractivity contribution is 9.28. The predicted molar refractivity (Wildman–Crippen MR) is 99.8 cm³/mol. The molecule has 0 aliphatic heterocycles. The second-order valence-electron chi connectivity index (χ2n) is 4.71. The van der Waals surface area contributed by atoms with Gasteiger partial charge in [0, 0.05) is 12.8 Å². The molecule has 0 aromatic rings. The first kappa shape index (κ1) is 21.0. The molecule has 0 radical (unpaired) electrons. The monoisotopic (exact) mass is 428 g/mol. The maximum atomic E-state index is 10.3. The summed E-state index contributed by atoms with van der Waals surface area (Å²) < 4.78 is 1.03. The van der Waals surface area contributed by atoms with Crippen molar-refractivity contribution in [3.05, 3.63) is 21.6 Å². The number of carboxylic acid groups (broad SMARTS) is 1. The molecule has 0 saturated heterocycles. The van der Waals surface area contributed by atoms with Gasteiger partial charge < -0.3 is 5.11 Å². The van der Waals surface area contributed by atoms with Crippen LogP contribution in [-0.4, -0.2) is 11.1 Å². The summed E-state index contributed by atoms with van der Waals surface area (Å²) in [6.45, 7) is 0. The molecule has 4 heteroatoms. The number of allylic oxidation sites excluding steroid dienone is 3. The summed E-state index contributed by atoms with van der Waals surface area (Å²) in [5.41, 5.74) is 0. The van der Waals surface area contributed by atoms with E-state index in [1.165, 1.54) is 25.7 Å². The van der Waals surface area contributed by atoms with Crippen LogP contribution >= 0.6 is 31.9 Å². The van der Waals surface area contributed by atoms with Crippen molar-refractivity contribution in [3.63, 3.8) is 0 Å². The van der Waals surface area contributed by atoms with Crippen LogP contribution in [0.3, 0.4) is 0 Å². The number of halogens is 2. The minimum atomic E-state index is -0.775. The Morgan fingerprint density at radius 2 is 1.73 bits per heavy atom. The maximum Gasteiger partial charge on any atom is 0.303 e. The van der Waals surface area contributed by atoms with Crippen LogP contribution in [0.2, 0.25) is 0 Å². The van der Waals surface area contributed by atoms with Crippen molar-refractivity contribution in [2.45, 2.75) is 57.8 Å². The first-order chi connectivity index (χ1) is 10.6. The van der Waals surface area contributed by atoms with Gasteiger partial charge in [-0.1, -0.05) is 36.8 Å². The van der Waals surface area contributed by atoms with Crippen molar-refractivity contribution in [1.82, 2.24) is 0 Å². The highest BCUT2D eigenvalue weighted by atomic mass is 79.9. The third kappa shape index (κ3) is 19.0. The lowest BCUT2D eigenvalue weighted by Crippen LogP contribution is -1.92. The minimum absolute atomic E-state index is 0.172. The molecule has 0 saturated carbocycles. The van der Waals surface area contributed by atoms with Crippen LogP contribution in [0.4, 0.5) is 0 Å². The zero-order chi connectivity index (χ0) is 16.5. The van der Waals surface area contributed by atoms with Crippen LogP contribution in [0.15, 0.2) is 21.6 Å². The minimum Gasteiger partial charge on any atom is -0.481 e. The largest absolute Gasteiger partial charge is 0.481 e. The van der Waals surface area contributed by atoms with E-state index >= 15 is 0 Å². The number of rotatable bonds is 10. The van der Waals surface area contributed by atoms with Crippen LogP contribution in [0.25, 0.3) is 0 Å². The lowest BCUT2D eigenvalue weighted by Gasteiger charge is -1.96. The van der Waals surface area contributed by atoms with Gasteiger partial charge in [0.15, 0.2) is 0 Å². The summed E-state index contributed by atoms with van der Waals surface area (Å²) >= 11 is 6.69. The lowest BCUT2D eigenvalue weighted by atomic mass is 10.1. The molecular formula is C18H22Br2O2. The Labute approximate surface area is 150 Å². The quantitative estimate of drug-likeness (QED) is 0.353. The molecular weight excluding hydrogens is 408 g/mol. The molecule has 0 rings (SSSR count). The van der Waals surface area contributed by atoms with Gasteiger partial charge in [0.25, 0.3) is 0 Å². The number of hydrogen-bond donors (Lipinski definition) is 1. The second-order valence-corrected chi connectivity index (χ2v) is 7.48. The van der Waals surface area contributed by atoms with E-state index in [0.717, 1.165) is 16.2 Å². The fourth-order valence-corrected chi connectivity index (χ4v) is 2.08. The standard InChI is InChI=1S/C18H22Br2O2/c19-17(20)15-13-11-9-7-5-3-1-2-4-6-8-10-12-14-16-18(21)22/h1-2,15H,3,5,7,9,11-14,16H2,(H,21,22). The lowest BCUT2D eigenvalue weighted by molar-refractivity contribution is -0.137. The maximum absolute atomic E-state index is 10.3. The fourth-order valence-electron chi connectivity index (χ4n) is 1.63. The highest BCUT2D eigenvalue weighted by Crippen LogP contribution is 2.15. The van der Waals surface area contributed by atoms with Gasteiger partial charge in [0.2, 0.25) is 0 Å². The molecule has 0 heterocycles. The summed E-state index contributed by atoms with van der Waals surface area (Å²) in [5.74, 6) is 10.4. The van der Waals surface area contributed by atoms with E-state index < -0.39 is 5.97 Å². The van der Waals surface area contributed by atoms with Crippen LogP contribution in [0, 0.1) is 23.7 Å². The number of hydrogen-bond acceptors (Lipinski definition) is 1. The summed E-state index contributed by atoms with van der Waals surface area (Å²) in [4.78, 5) is 10.3. The average Bonchev–Trinajstić information content (AvgIpc) is 2.46. The van der Waals surface area contributed by atoms with Gasteiger partial charge in [-0.3, -0.25) is 4.79 Å². The van der Waals surface area contributed by atoms with Crippen molar-refractivity contribution in [3.8, 4) is 23.7 Å². The third-order valence-electron chi connectivity index (χ3n) is 2.74. The molecule has 0 bridgehead atoms. The molecule has 2 nitrogen and oxygen atoms in total. The molecule has 0 spiro atoms. The Hall–Kier alpha value is -0.970. The average molecular weight is 430 g/mol. The molecule has 0 amide bonds. The van der Waals surface area contributed by atoms with E-state index in [9.17, 15) is 4.79 Å². The fraction of sp³-hybridized carbons (Fsp3) is 0.500. The van der Waals surface area contributed by atoms with Crippen molar-refractivity contribution in [2.24, 2.45) is 0 Å². The second kappa shape index (κ2) is 16.4. The van der Waals surface area contributed by atoms with Crippen LogP contribution < -0.4 is 0 Å². The predicted octanol–water partition coefficient (Wildman–Crippen LogP) is 5.78. The van der Waals surface area contributed by atoms with Gasteiger partial charge in [-0.25, -0.2) is 0 Å². The molecule has 0 atom stereocenters.